The summed E-state index contributed by atoms with van der Waals surface area (Å²) in [7, 11) is 0. The van der Waals surface area contributed by atoms with Crippen LogP contribution in [0.1, 0.15) is 12.6 Å². The second kappa shape index (κ2) is 5.95. The molecule has 8 heteroatoms. The maximum absolute atomic E-state index is 6.04. The summed E-state index contributed by atoms with van der Waals surface area (Å²) < 4.78 is 4.59. The van der Waals surface area contributed by atoms with Crippen molar-refractivity contribution < 1.29 is 0 Å². The van der Waals surface area contributed by atoms with Gasteiger partial charge < -0.3 is 4.90 Å². The highest BCUT2D eigenvalue weighted by atomic mass is 35.5. The van der Waals surface area contributed by atoms with E-state index in [2.05, 4.69) is 31.3 Å². The van der Waals surface area contributed by atoms with Gasteiger partial charge in [0.2, 0.25) is 0 Å². The number of hydrogen-bond donors (Lipinski definition) is 0. The van der Waals surface area contributed by atoms with Gasteiger partial charge in [-0.05, 0) is 0 Å². The number of piperazine rings is 1. The number of aliphatic imine (C=N–C) groups is 1. The first-order valence-electron chi connectivity index (χ1n) is 6.37. The van der Waals surface area contributed by atoms with Gasteiger partial charge in [0.25, 0.3) is 0 Å². The van der Waals surface area contributed by atoms with Gasteiger partial charge >= 0.3 is 0 Å². The van der Waals surface area contributed by atoms with Crippen molar-refractivity contribution in [2.75, 3.05) is 32.7 Å². The van der Waals surface area contributed by atoms with Crippen LogP contribution in [0.3, 0.4) is 0 Å². The largest absolute Gasteiger partial charge is 0.349 e. The van der Waals surface area contributed by atoms with Crippen LogP contribution in [0.2, 0.25) is 4.34 Å². The molecule has 1 fully saturated rings. The molecular weight excluding hydrogens is 302 g/mol. The van der Waals surface area contributed by atoms with Gasteiger partial charge in [0.05, 0.1) is 6.54 Å². The summed E-state index contributed by atoms with van der Waals surface area (Å²) in [6.07, 6.45) is 0. The van der Waals surface area contributed by atoms with Crippen LogP contribution < -0.4 is 0 Å². The number of nitrogens with zero attached hydrogens (tertiary/aromatic N) is 5. The van der Waals surface area contributed by atoms with Gasteiger partial charge in [-0.15, -0.1) is 5.10 Å². The fourth-order valence-corrected chi connectivity index (χ4v) is 3.84. The van der Waals surface area contributed by atoms with Gasteiger partial charge in [0.1, 0.15) is 10.0 Å². The molecule has 0 unspecified atom stereocenters. The molecule has 0 aromatic carbocycles. The molecular formula is C11H16ClN5S2. The Balaban J connectivity index is 1.51. The molecule has 1 saturated heterocycles. The van der Waals surface area contributed by atoms with Crippen LogP contribution in [0.4, 0.5) is 0 Å². The van der Waals surface area contributed by atoms with Crippen molar-refractivity contribution in [1.82, 2.24) is 19.4 Å². The Morgan fingerprint density at radius 1 is 1.32 bits per heavy atom. The zero-order chi connectivity index (χ0) is 13.2. The van der Waals surface area contributed by atoms with Crippen molar-refractivity contribution in [3.63, 3.8) is 0 Å². The zero-order valence-electron chi connectivity index (χ0n) is 10.8. The Kier molecular flexibility index (Phi) is 4.26. The Bertz CT molecular complexity index is 469. The van der Waals surface area contributed by atoms with Gasteiger partial charge in [-0.2, -0.15) is 0 Å². The van der Waals surface area contributed by atoms with E-state index in [0.717, 1.165) is 45.0 Å². The summed E-state index contributed by atoms with van der Waals surface area (Å²) in [5, 5.41) is 5.92. The van der Waals surface area contributed by atoms with E-state index in [1.54, 1.807) is 0 Å². The molecule has 0 radical (unpaired) electrons. The average molecular weight is 318 g/mol. The van der Waals surface area contributed by atoms with Crippen LogP contribution in [0.15, 0.2) is 4.99 Å². The fraction of sp³-hybridized carbons (Fsp3) is 0.727. The third-order valence-corrected chi connectivity index (χ3v) is 5.45. The van der Waals surface area contributed by atoms with Gasteiger partial charge in [0, 0.05) is 49.5 Å². The van der Waals surface area contributed by atoms with E-state index >= 15 is 0 Å². The minimum atomic E-state index is 0.632. The van der Waals surface area contributed by atoms with Gasteiger partial charge in [-0.25, -0.2) is 0 Å². The van der Waals surface area contributed by atoms with Crippen LogP contribution in [0.5, 0.6) is 0 Å². The lowest BCUT2D eigenvalue weighted by molar-refractivity contribution is 0.176. The number of thioether (sulfide) groups is 1. The first-order chi connectivity index (χ1) is 9.22. The predicted molar refractivity (Wildman–Crippen MR) is 81.1 cm³/mol. The first kappa shape index (κ1) is 13.6. The van der Waals surface area contributed by atoms with Crippen LogP contribution in [-0.2, 0) is 6.54 Å². The Morgan fingerprint density at radius 2 is 2.11 bits per heavy atom. The highest BCUT2D eigenvalue weighted by Crippen LogP contribution is 2.24. The molecule has 1 aromatic rings. The van der Waals surface area contributed by atoms with Gasteiger partial charge in [0.15, 0.2) is 5.17 Å². The van der Waals surface area contributed by atoms with Crippen molar-refractivity contribution >= 4 is 40.1 Å². The van der Waals surface area contributed by atoms with Crippen molar-refractivity contribution in [2.45, 2.75) is 18.7 Å². The highest BCUT2D eigenvalue weighted by Gasteiger charge is 2.25. The smallest absolute Gasteiger partial charge is 0.159 e. The summed E-state index contributed by atoms with van der Waals surface area (Å²) in [6.45, 7) is 8.12. The summed E-state index contributed by atoms with van der Waals surface area (Å²) in [6, 6.07) is 0. The minimum Gasteiger partial charge on any atom is -0.349 e. The van der Waals surface area contributed by atoms with Crippen LogP contribution in [-0.4, -0.2) is 62.5 Å². The summed E-state index contributed by atoms with van der Waals surface area (Å²) in [5.74, 6) is 0. The molecule has 0 aliphatic carbocycles. The molecule has 3 heterocycles. The molecule has 5 nitrogen and oxygen atoms in total. The quantitative estimate of drug-likeness (QED) is 0.832. The maximum Gasteiger partial charge on any atom is 0.159 e. The summed E-state index contributed by atoms with van der Waals surface area (Å²) in [4.78, 5) is 9.37. The van der Waals surface area contributed by atoms with Crippen molar-refractivity contribution in [1.29, 1.82) is 0 Å². The fourth-order valence-electron chi connectivity index (χ4n) is 2.24. The predicted octanol–water partition coefficient (Wildman–Crippen LogP) is 1.80. The monoisotopic (exact) mass is 317 g/mol. The molecule has 0 spiro atoms. The standard InChI is InChI=1S/C11H16ClN5S2/c1-8-6-13-11(18-8)17-4-2-16(3-5-17)7-9-10(12)19-15-14-9/h8H,2-7H2,1H3/t8-/m0/s1. The van der Waals surface area contributed by atoms with E-state index in [9.17, 15) is 0 Å². The zero-order valence-corrected chi connectivity index (χ0v) is 13.1. The third-order valence-electron chi connectivity index (χ3n) is 3.32. The molecule has 2 aliphatic heterocycles. The molecule has 0 bridgehead atoms. The first-order valence-corrected chi connectivity index (χ1v) is 8.40. The maximum atomic E-state index is 6.04. The average Bonchev–Trinajstić information content (AvgIpc) is 3.00. The minimum absolute atomic E-state index is 0.632. The highest BCUT2D eigenvalue weighted by molar-refractivity contribution is 8.14. The molecule has 1 aromatic heterocycles. The van der Waals surface area contributed by atoms with Crippen LogP contribution in [0, 0.1) is 0 Å². The van der Waals surface area contributed by atoms with E-state index in [1.165, 1.54) is 16.7 Å². The normalized spacial score (nSPS) is 24.8. The number of rotatable bonds is 2. The lowest BCUT2D eigenvalue weighted by Crippen LogP contribution is -2.47. The lowest BCUT2D eigenvalue weighted by atomic mass is 10.3. The van der Waals surface area contributed by atoms with E-state index < -0.39 is 0 Å². The number of hydrogen-bond acceptors (Lipinski definition) is 7. The second-order valence-corrected chi connectivity index (χ2v) is 7.57. The molecule has 0 amide bonds. The lowest BCUT2D eigenvalue weighted by Gasteiger charge is -2.35. The van der Waals surface area contributed by atoms with E-state index in [1.807, 2.05) is 11.8 Å². The van der Waals surface area contributed by atoms with Crippen molar-refractivity contribution in [2.24, 2.45) is 4.99 Å². The Morgan fingerprint density at radius 3 is 2.68 bits per heavy atom. The van der Waals surface area contributed by atoms with E-state index in [0.29, 0.717) is 9.59 Å². The van der Waals surface area contributed by atoms with Gasteiger partial charge in [-0.3, -0.25) is 9.89 Å². The molecule has 3 rings (SSSR count). The second-order valence-electron chi connectivity index (χ2n) is 4.81. The van der Waals surface area contributed by atoms with E-state index in [-0.39, 0.29) is 0 Å². The summed E-state index contributed by atoms with van der Waals surface area (Å²) >= 11 is 9.20. The van der Waals surface area contributed by atoms with Crippen LogP contribution >= 0.6 is 34.9 Å². The SMILES string of the molecule is C[C@H]1CN=C(N2CCN(Cc3nnsc3Cl)CC2)S1. The molecule has 19 heavy (non-hydrogen) atoms. The van der Waals surface area contributed by atoms with Crippen LogP contribution in [0.25, 0.3) is 0 Å². The number of aromatic nitrogens is 2. The number of halogens is 1. The number of amidine groups is 1. The van der Waals surface area contributed by atoms with E-state index in [4.69, 9.17) is 11.6 Å². The van der Waals surface area contributed by atoms with Gasteiger partial charge in [-0.1, -0.05) is 34.8 Å². The molecule has 2 aliphatic rings. The Labute approximate surface area is 126 Å². The molecule has 0 N–H and O–H groups in total. The molecule has 104 valence electrons. The topological polar surface area (TPSA) is 44.6 Å². The molecule has 0 saturated carbocycles. The third kappa shape index (κ3) is 3.21. The Hall–Kier alpha value is -0.370. The van der Waals surface area contributed by atoms with Crippen molar-refractivity contribution in [3.8, 4) is 0 Å². The summed E-state index contributed by atoms with van der Waals surface area (Å²) in [5.41, 5.74) is 0.904. The molecule has 1 atom stereocenters. The van der Waals surface area contributed by atoms with Crippen molar-refractivity contribution in [3.05, 3.63) is 10.0 Å².